The molecule has 0 aliphatic heterocycles. The molecule has 0 fully saturated rings. The van der Waals surface area contributed by atoms with Crippen LogP contribution in [0, 0.1) is 33.1 Å². The molecule has 0 unspecified atom stereocenters. The van der Waals surface area contributed by atoms with Crippen molar-refractivity contribution < 1.29 is 24.1 Å². The van der Waals surface area contributed by atoms with Crippen LogP contribution in [0.15, 0.2) is 12.1 Å². The Morgan fingerprint density at radius 1 is 1.24 bits per heavy atom. The van der Waals surface area contributed by atoms with E-state index in [1.165, 1.54) is 6.92 Å². The van der Waals surface area contributed by atoms with Crippen molar-refractivity contribution >= 4 is 17.5 Å². The zero-order valence-electron chi connectivity index (χ0n) is 11.7. The molecular formula is C12H14N2O7. The normalized spacial score (nSPS) is 10.3. The fraction of sp³-hybridized carbons (Fsp3) is 0.417. The van der Waals surface area contributed by atoms with Crippen LogP contribution in [0.3, 0.4) is 0 Å². The summed E-state index contributed by atoms with van der Waals surface area (Å²) in [5.74, 6) is -0.287. The summed E-state index contributed by atoms with van der Waals surface area (Å²) in [5, 5.41) is 21.6. The van der Waals surface area contributed by atoms with Crippen LogP contribution in [-0.2, 0) is 4.74 Å². The molecule has 9 nitrogen and oxygen atoms in total. The molecule has 0 aromatic heterocycles. The van der Waals surface area contributed by atoms with Crippen LogP contribution in [0.4, 0.5) is 16.2 Å². The third-order valence-electron chi connectivity index (χ3n) is 2.37. The maximum Gasteiger partial charge on any atom is 0.514 e. The van der Waals surface area contributed by atoms with Gasteiger partial charge < -0.3 is 9.47 Å². The number of carbonyl (C=O) groups excluding carboxylic acids is 1. The molecule has 0 aliphatic carbocycles. The van der Waals surface area contributed by atoms with Crippen molar-refractivity contribution in [3.63, 3.8) is 0 Å². The Hall–Kier alpha value is -2.71. The van der Waals surface area contributed by atoms with Crippen molar-refractivity contribution in [1.82, 2.24) is 0 Å². The minimum atomic E-state index is -1.09. The van der Waals surface area contributed by atoms with Gasteiger partial charge in [-0.3, -0.25) is 20.2 Å². The van der Waals surface area contributed by atoms with Crippen molar-refractivity contribution in [1.29, 1.82) is 0 Å². The smallest absolute Gasteiger partial charge is 0.434 e. The van der Waals surface area contributed by atoms with Gasteiger partial charge in [0, 0.05) is 11.6 Å². The number of carbonyl (C=O) groups is 1. The summed E-state index contributed by atoms with van der Waals surface area (Å²) in [7, 11) is 0. The Bertz CT molecular complexity index is 583. The topological polar surface area (TPSA) is 122 Å². The average molecular weight is 298 g/mol. The van der Waals surface area contributed by atoms with E-state index in [4.69, 9.17) is 9.47 Å². The van der Waals surface area contributed by atoms with Crippen LogP contribution in [0.1, 0.15) is 19.4 Å². The summed E-state index contributed by atoms with van der Waals surface area (Å²) in [4.78, 5) is 31.5. The molecule has 0 radical (unpaired) electrons. The molecule has 0 amide bonds. The second-order valence-electron chi connectivity index (χ2n) is 4.68. The first kappa shape index (κ1) is 16.3. The van der Waals surface area contributed by atoms with Gasteiger partial charge in [0.2, 0.25) is 5.75 Å². The monoisotopic (exact) mass is 298 g/mol. The predicted molar refractivity (Wildman–Crippen MR) is 71.3 cm³/mol. The molecule has 1 aromatic carbocycles. The lowest BCUT2D eigenvalue weighted by Gasteiger charge is -2.09. The lowest BCUT2D eigenvalue weighted by molar-refractivity contribution is -0.394. The number of aryl methyl sites for hydroxylation is 1. The molecule has 21 heavy (non-hydrogen) atoms. The molecule has 0 spiro atoms. The van der Waals surface area contributed by atoms with E-state index in [9.17, 15) is 25.0 Å². The van der Waals surface area contributed by atoms with Crippen LogP contribution < -0.4 is 4.74 Å². The number of hydrogen-bond donors (Lipinski definition) is 0. The van der Waals surface area contributed by atoms with Crippen molar-refractivity contribution in [2.45, 2.75) is 20.8 Å². The number of nitrogens with zero attached hydrogens (tertiary/aromatic N) is 2. The Balaban J connectivity index is 3.08. The first-order valence-electron chi connectivity index (χ1n) is 6.00. The third kappa shape index (κ3) is 4.41. The van der Waals surface area contributed by atoms with E-state index >= 15 is 0 Å². The zero-order valence-corrected chi connectivity index (χ0v) is 11.7. The number of hydrogen-bond acceptors (Lipinski definition) is 7. The predicted octanol–water partition coefficient (Wildman–Crippen LogP) is 2.98. The zero-order chi connectivity index (χ0) is 16.2. The van der Waals surface area contributed by atoms with E-state index in [1.807, 2.05) is 13.8 Å². The van der Waals surface area contributed by atoms with Gasteiger partial charge in [0.1, 0.15) is 0 Å². The Labute approximate surface area is 119 Å². The van der Waals surface area contributed by atoms with Gasteiger partial charge in [0.15, 0.2) is 0 Å². The molecular weight excluding hydrogens is 284 g/mol. The summed E-state index contributed by atoms with van der Waals surface area (Å²) in [6, 6.07) is 1.82. The van der Waals surface area contributed by atoms with Gasteiger partial charge in [-0.1, -0.05) is 13.8 Å². The second-order valence-corrected chi connectivity index (χ2v) is 4.68. The van der Waals surface area contributed by atoms with Crippen LogP contribution >= 0.6 is 0 Å². The number of non-ortho nitro benzene ring substituents is 1. The van der Waals surface area contributed by atoms with Gasteiger partial charge in [-0.15, -0.1) is 0 Å². The minimum absolute atomic E-state index is 0.0745. The largest absolute Gasteiger partial charge is 0.514 e. The highest BCUT2D eigenvalue weighted by molar-refractivity contribution is 5.69. The Kier molecular flexibility index (Phi) is 5.17. The number of benzene rings is 1. The Morgan fingerprint density at radius 2 is 1.86 bits per heavy atom. The van der Waals surface area contributed by atoms with Gasteiger partial charge in [-0.25, -0.2) is 4.79 Å². The van der Waals surface area contributed by atoms with Gasteiger partial charge in [0.25, 0.3) is 5.69 Å². The summed E-state index contributed by atoms with van der Waals surface area (Å²) in [6.07, 6.45) is -1.09. The molecule has 9 heteroatoms. The first-order valence-corrected chi connectivity index (χ1v) is 6.00. The SMILES string of the molecule is Cc1cc([N+](=O)[O-])cc([N+](=O)[O-])c1OC(=O)OCC(C)C. The van der Waals surface area contributed by atoms with E-state index in [0.29, 0.717) is 0 Å². The molecule has 114 valence electrons. The standard InChI is InChI=1S/C12H14N2O7/c1-7(2)6-20-12(15)21-11-8(3)4-9(13(16)17)5-10(11)14(18)19/h4-5,7H,6H2,1-3H3. The van der Waals surface area contributed by atoms with E-state index in [2.05, 4.69) is 0 Å². The van der Waals surface area contributed by atoms with E-state index in [1.54, 1.807) is 0 Å². The molecule has 0 heterocycles. The van der Waals surface area contributed by atoms with Crippen molar-refractivity contribution in [3.8, 4) is 5.75 Å². The fourth-order valence-electron chi connectivity index (χ4n) is 1.46. The Morgan fingerprint density at radius 3 is 2.33 bits per heavy atom. The second kappa shape index (κ2) is 6.64. The maximum atomic E-state index is 11.5. The lowest BCUT2D eigenvalue weighted by atomic mass is 10.1. The molecule has 1 rings (SSSR count). The van der Waals surface area contributed by atoms with Crippen molar-refractivity contribution in [2.75, 3.05) is 6.61 Å². The summed E-state index contributed by atoms with van der Waals surface area (Å²) in [5.41, 5.74) is -1.03. The highest BCUT2D eigenvalue weighted by atomic mass is 16.7. The highest BCUT2D eigenvalue weighted by Gasteiger charge is 2.26. The third-order valence-corrected chi connectivity index (χ3v) is 2.37. The van der Waals surface area contributed by atoms with Crippen LogP contribution in [-0.4, -0.2) is 22.6 Å². The van der Waals surface area contributed by atoms with Crippen molar-refractivity contribution in [2.24, 2.45) is 5.92 Å². The lowest BCUT2D eigenvalue weighted by Crippen LogP contribution is -2.15. The van der Waals surface area contributed by atoms with Crippen molar-refractivity contribution in [3.05, 3.63) is 37.9 Å². The molecule has 0 saturated heterocycles. The number of nitro benzene ring substituents is 2. The number of nitro groups is 2. The van der Waals surface area contributed by atoms with Gasteiger partial charge in [-0.2, -0.15) is 0 Å². The molecule has 0 N–H and O–H groups in total. The van der Waals surface area contributed by atoms with Gasteiger partial charge >= 0.3 is 11.8 Å². The van der Waals surface area contributed by atoms with Crippen LogP contribution in [0.2, 0.25) is 0 Å². The summed E-state index contributed by atoms with van der Waals surface area (Å²) < 4.78 is 9.55. The van der Waals surface area contributed by atoms with E-state index in [0.717, 1.165) is 12.1 Å². The molecule has 0 saturated carbocycles. The quantitative estimate of drug-likeness (QED) is 0.354. The molecule has 0 bridgehead atoms. The molecule has 0 atom stereocenters. The summed E-state index contributed by atoms with van der Waals surface area (Å²) >= 11 is 0. The highest BCUT2D eigenvalue weighted by Crippen LogP contribution is 2.35. The number of rotatable bonds is 5. The van der Waals surface area contributed by atoms with E-state index in [-0.39, 0.29) is 23.8 Å². The minimum Gasteiger partial charge on any atom is -0.434 e. The first-order chi connectivity index (χ1) is 9.72. The average Bonchev–Trinajstić information content (AvgIpc) is 2.37. The van der Waals surface area contributed by atoms with Crippen LogP contribution in [0.25, 0.3) is 0 Å². The molecule has 0 aliphatic rings. The van der Waals surface area contributed by atoms with Gasteiger partial charge in [-0.05, 0) is 12.8 Å². The fourth-order valence-corrected chi connectivity index (χ4v) is 1.46. The van der Waals surface area contributed by atoms with Gasteiger partial charge in [0.05, 0.1) is 22.5 Å². The molecule has 1 aromatic rings. The maximum absolute atomic E-state index is 11.5. The summed E-state index contributed by atoms with van der Waals surface area (Å²) in [6.45, 7) is 5.09. The number of ether oxygens (including phenoxy) is 2. The van der Waals surface area contributed by atoms with E-state index < -0.39 is 27.4 Å². The van der Waals surface area contributed by atoms with Crippen LogP contribution in [0.5, 0.6) is 5.75 Å².